The molecule has 3 rings (SSSR count). The third-order valence-corrected chi connectivity index (χ3v) is 5.41. The largest absolute Gasteiger partial charge is 0.322 e. The van der Waals surface area contributed by atoms with Crippen molar-refractivity contribution in [2.45, 2.75) is 13.3 Å². The molecule has 0 spiro atoms. The molecule has 0 saturated carbocycles. The van der Waals surface area contributed by atoms with E-state index in [9.17, 15) is 17.6 Å². The molecule has 2 aromatic carbocycles. The highest BCUT2D eigenvalue weighted by molar-refractivity contribution is 7.92. The predicted octanol–water partition coefficient (Wildman–Crippen LogP) is 3.19. The molecule has 1 amide bonds. The maximum atomic E-state index is 13.7. The SMILES string of the molecule is C/C(=C\c1ccccc1F)C(=O)Nc1ccc2c(c1)CCN2S(C)(=O)=O. The van der Waals surface area contributed by atoms with Crippen LogP contribution in [0, 0.1) is 5.82 Å². The summed E-state index contributed by atoms with van der Waals surface area (Å²) in [6.07, 6.45) is 3.26. The van der Waals surface area contributed by atoms with Crippen LogP contribution in [0.4, 0.5) is 15.8 Å². The molecule has 0 atom stereocenters. The van der Waals surface area contributed by atoms with Gasteiger partial charge in [-0.1, -0.05) is 18.2 Å². The minimum atomic E-state index is -3.30. The van der Waals surface area contributed by atoms with Gasteiger partial charge in [0.2, 0.25) is 10.0 Å². The Labute approximate surface area is 152 Å². The van der Waals surface area contributed by atoms with Crippen molar-refractivity contribution in [3.8, 4) is 0 Å². The number of halogens is 1. The first kappa shape index (κ1) is 18.1. The number of hydrogen-bond donors (Lipinski definition) is 1. The molecule has 1 heterocycles. The van der Waals surface area contributed by atoms with E-state index in [1.54, 1.807) is 43.3 Å². The number of fused-ring (bicyclic) bond motifs is 1. The zero-order valence-electron chi connectivity index (χ0n) is 14.5. The fraction of sp³-hybridized carbons (Fsp3) is 0.211. The van der Waals surface area contributed by atoms with Crippen molar-refractivity contribution < 1.29 is 17.6 Å². The van der Waals surface area contributed by atoms with Gasteiger partial charge in [-0.15, -0.1) is 0 Å². The van der Waals surface area contributed by atoms with Crippen LogP contribution in [0.5, 0.6) is 0 Å². The molecule has 26 heavy (non-hydrogen) atoms. The van der Waals surface area contributed by atoms with E-state index in [2.05, 4.69) is 5.32 Å². The van der Waals surface area contributed by atoms with Crippen molar-refractivity contribution >= 4 is 33.4 Å². The molecule has 2 aromatic rings. The molecule has 1 aliphatic rings. The summed E-state index contributed by atoms with van der Waals surface area (Å²) in [5.41, 5.74) is 2.80. The van der Waals surface area contributed by atoms with Gasteiger partial charge in [0.05, 0.1) is 11.9 Å². The maximum absolute atomic E-state index is 13.7. The summed E-state index contributed by atoms with van der Waals surface area (Å²) in [5.74, 6) is -0.732. The summed E-state index contributed by atoms with van der Waals surface area (Å²) in [4.78, 5) is 12.3. The van der Waals surface area contributed by atoms with Gasteiger partial charge in [-0.25, -0.2) is 12.8 Å². The number of nitrogens with zero attached hydrogens (tertiary/aromatic N) is 1. The third kappa shape index (κ3) is 3.77. The number of amides is 1. The van der Waals surface area contributed by atoms with Crippen LogP contribution in [-0.2, 0) is 21.2 Å². The minimum absolute atomic E-state index is 0.342. The molecule has 136 valence electrons. The van der Waals surface area contributed by atoms with E-state index in [4.69, 9.17) is 0 Å². The highest BCUT2D eigenvalue weighted by Crippen LogP contribution is 2.32. The molecule has 0 saturated heterocycles. The molecular weight excluding hydrogens is 355 g/mol. The lowest BCUT2D eigenvalue weighted by Crippen LogP contribution is -2.27. The second-order valence-corrected chi connectivity index (χ2v) is 8.14. The highest BCUT2D eigenvalue weighted by atomic mass is 32.2. The smallest absolute Gasteiger partial charge is 0.251 e. The van der Waals surface area contributed by atoms with Crippen LogP contribution in [-0.4, -0.2) is 27.1 Å². The molecule has 1 aliphatic heterocycles. The van der Waals surface area contributed by atoms with Crippen molar-refractivity contribution in [3.05, 3.63) is 65.0 Å². The molecule has 0 bridgehead atoms. The average Bonchev–Trinajstić information content (AvgIpc) is 3.00. The number of rotatable bonds is 4. The Morgan fingerprint density at radius 2 is 1.96 bits per heavy atom. The van der Waals surface area contributed by atoms with Crippen LogP contribution >= 0.6 is 0 Å². The molecule has 0 fully saturated rings. The quantitative estimate of drug-likeness (QED) is 0.836. The van der Waals surface area contributed by atoms with Gasteiger partial charge >= 0.3 is 0 Å². The van der Waals surface area contributed by atoms with Crippen LogP contribution in [0.1, 0.15) is 18.1 Å². The number of carbonyl (C=O) groups excluding carboxylic acids is 1. The first-order chi connectivity index (χ1) is 12.3. The zero-order chi connectivity index (χ0) is 18.9. The lowest BCUT2D eigenvalue weighted by atomic mass is 10.1. The van der Waals surface area contributed by atoms with Crippen LogP contribution in [0.15, 0.2) is 48.0 Å². The van der Waals surface area contributed by atoms with E-state index in [1.807, 2.05) is 0 Å². The molecule has 0 unspecified atom stereocenters. The Hall–Kier alpha value is -2.67. The Kier molecular flexibility index (Phi) is 4.82. The second-order valence-electron chi connectivity index (χ2n) is 6.23. The third-order valence-electron chi connectivity index (χ3n) is 4.23. The van der Waals surface area contributed by atoms with E-state index in [-0.39, 0.29) is 5.91 Å². The average molecular weight is 374 g/mol. The number of anilines is 2. The zero-order valence-corrected chi connectivity index (χ0v) is 15.3. The monoisotopic (exact) mass is 374 g/mol. The second kappa shape index (κ2) is 6.92. The number of hydrogen-bond acceptors (Lipinski definition) is 3. The number of nitrogens with one attached hydrogen (secondary N) is 1. The summed E-state index contributed by atoms with van der Waals surface area (Å²) in [6, 6.07) is 11.4. The first-order valence-electron chi connectivity index (χ1n) is 8.10. The Bertz CT molecular complexity index is 1000. The van der Waals surface area contributed by atoms with Gasteiger partial charge in [0.1, 0.15) is 5.82 Å². The van der Waals surface area contributed by atoms with Gasteiger partial charge in [0, 0.05) is 23.4 Å². The summed E-state index contributed by atoms with van der Waals surface area (Å²) in [5, 5.41) is 2.77. The Morgan fingerprint density at radius 1 is 1.23 bits per heavy atom. The molecule has 5 nitrogen and oxygen atoms in total. The van der Waals surface area contributed by atoms with Crippen molar-refractivity contribution in [2.75, 3.05) is 22.4 Å². The van der Waals surface area contributed by atoms with E-state index in [0.29, 0.717) is 35.5 Å². The van der Waals surface area contributed by atoms with Crippen molar-refractivity contribution in [1.82, 2.24) is 0 Å². The summed E-state index contributed by atoms with van der Waals surface area (Å²) in [7, 11) is -3.30. The molecular formula is C19H19FN2O3S. The maximum Gasteiger partial charge on any atom is 0.251 e. The van der Waals surface area contributed by atoms with Crippen LogP contribution in [0.2, 0.25) is 0 Å². The fourth-order valence-corrected chi connectivity index (χ4v) is 3.87. The number of sulfonamides is 1. The van der Waals surface area contributed by atoms with Crippen molar-refractivity contribution in [2.24, 2.45) is 0 Å². The van der Waals surface area contributed by atoms with Crippen molar-refractivity contribution in [1.29, 1.82) is 0 Å². The normalized spacial score (nSPS) is 14.3. The van der Waals surface area contributed by atoms with E-state index in [0.717, 1.165) is 5.56 Å². The molecule has 1 N–H and O–H groups in total. The van der Waals surface area contributed by atoms with Gasteiger partial charge in [-0.05, 0) is 49.2 Å². The number of carbonyl (C=O) groups is 1. The predicted molar refractivity (Wildman–Crippen MR) is 101 cm³/mol. The van der Waals surface area contributed by atoms with E-state index >= 15 is 0 Å². The standard InChI is InChI=1S/C19H19FN2O3S/c1-13(11-14-5-3-4-6-17(14)20)19(23)21-16-7-8-18-15(12-16)9-10-22(18)26(2,24)25/h3-8,11-12H,9-10H2,1-2H3,(H,21,23)/b13-11+. The topological polar surface area (TPSA) is 66.5 Å². The summed E-state index contributed by atoms with van der Waals surface area (Å²) in [6.45, 7) is 2.01. The van der Waals surface area contributed by atoms with Crippen LogP contribution in [0.3, 0.4) is 0 Å². The van der Waals surface area contributed by atoms with Gasteiger partial charge in [0.15, 0.2) is 0 Å². The first-order valence-corrected chi connectivity index (χ1v) is 9.95. The Morgan fingerprint density at radius 3 is 2.65 bits per heavy atom. The molecule has 0 aliphatic carbocycles. The molecule has 0 aromatic heterocycles. The van der Waals surface area contributed by atoms with Gasteiger partial charge in [0.25, 0.3) is 5.91 Å². The minimum Gasteiger partial charge on any atom is -0.322 e. The van der Waals surface area contributed by atoms with Gasteiger partial charge in [-0.2, -0.15) is 0 Å². The van der Waals surface area contributed by atoms with E-state index < -0.39 is 15.8 Å². The lowest BCUT2D eigenvalue weighted by Gasteiger charge is -2.16. The fourth-order valence-electron chi connectivity index (χ4n) is 2.91. The highest BCUT2D eigenvalue weighted by Gasteiger charge is 2.26. The van der Waals surface area contributed by atoms with Crippen LogP contribution in [0.25, 0.3) is 6.08 Å². The van der Waals surface area contributed by atoms with Gasteiger partial charge < -0.3 is 5.32 Å². The summed E-state index contributed by atoms with van der Waals surface area (Å²) < 4.78 is 38.6. The molecule has 7 heteroatoms. The Balaban J connectivity index is 1.78. The van der Waals surface area contributed by atoms with Crippen LogP contribution < -0.4 is 9.62 Å². The van der Waals surface area contributed by atoms with E-state index in [1.165, 1.54) is 22.7 Å². The number of benzene rings is 2. The summed E-state index contributed by atoms with van der Waals surface area (Å²) >= 11 is 0. The van der Waals surface area contributed by atoms with Crippen molar-refractivity contribution in [3.63, 3.8) is 0 Å². The lowest BCUT2D eigenvalue weighted by molar-refractivity contribution is -0.112. The molecule has 0 radical (unpaired) electrons. The van der Waals surface area contributed by atoms with Gasteiger partial charge in [-0.3, -0.25) is 9.10 Å².